The van der Waals surface area contributed by atoms with Crippen molar-refractivity contribution in [2.45, 2.75) is 18.9 Å². The number of pyridine rings is 1. The maximum absolute atomic E-state index is 10.8. The molecule has 0 aromatic carbocycles. The molecule has 0 amide bonds. The van der Waals surface area contributed by atoms with Crippen LogP contribution in [0.5, 0.6) is 5.75 Å². The molecule has 5 heteroatoms. The summed E-state index contributed by atoms with van der Waals surface area (Å²) in [5.74, 6) is -0.663. The van der Waals surface area contributed by atoms with Crippen LogP contribution in [0.1, 0.15) is 23.3 Å². The number of hydrogen-bond acceptors (Lipinski definition) is 3. The van der Waals surface area contributed by atoms with Gasteiger partial charge in [0.2, 0.25) is 0 Å². The van der Waals surface area contributed by atoms with E-state index in [9.17, 15) is 4.79 Å². The normalized spacial score (nSPS) is 15.2. The first-order chi connectivity index (χ1) is 6.66. The number of ether oxygens (including phenoxy) is 1. The smallest absolute Gasteiger partial charge is 0.358 e. The Hall–Kier alpha value is -0.850. The molecule has 1 N–H and O–H groups in total. The van der Waals surface area contributed by atoms with E-state index in [1.54, 1.807) is 6.07 Å². The predicted molar refractivity (Wildman–Crippen MR) is 57.6 cm³/mol. The lowest BCUT2D eigenvalue weighted by molar-refractivity contribution is 0.0685. The molecule has 1 aromatic heterocycles. The molecule has 1 aliphatic rings. The van der Waals surface area contributed by atoms with E-state index in [1.165, 1.54) is 6.20 Å². The summed E-state index contributed by atoms with van der Waals surface area (Å²) >= 11 is 2.08. The fourth-order valence-corrected chi connectivity index (χ4v) is 1.46. The largest absolute Gasteiger partial charge is 0.488 e. The number of halogens is 1. The molecular weight excluding hydrogens is 297 g/mol. The molecule has 1 saturated carbocycles. The molecule has 1 aliphatic carbocycles. The highest BCUT2D eigenvalue weighted by Crippen LogP contribution is 2.29. The molecule has 0 spiro atoms. The minimum absolute atomic E-state index is 0.00249. The van der Waals surface area contributed by atoms with Gasteiger partial charge in [-0.3, -0.25) is 0 Å². The van der Waals surface area contributed by atoms with Gasteiger partial charge < -0.3 is 9.84 Å². The molecule has 0 aliphatic heterocycles. The molecule has 0 radical (unpaired) electrons. The number of carbonyl (C=O) groups is 1. The van der Waals surface area contributed by atoms with E-state index in [2.05, 4.69) is 27.6 Å². The monoisotopic (exact) mass is 305 g/mol. The summed E-state index contributed by atoms with van der Waals surface area (Å²) in [4.78, 5) is 14.6. The van der Waals surface area contributed by atoms with Crippen LogP contribution in [0.15, 0.2) is 12.3 Å². The predicted octanol–water partition coefficient (Wildman–Crippen LogP) is 1.93. The minimum atomic E-state index is -1.04. The van der Waals surface area contributed by atoms with Crippen LogP contribution in [-0.4, -0.2) is 22.2 Å². The second-order valence-corrected chi connectivity index (χ2v) is 4.37. The molecule has 1 fully saturated rings. The van der Waals surface area contributed by atoms with E-state index in [0.29, 0.717) is 5.75 Å². The Bertz CT molecular complexity index is 376. The Morgan fingerprint density at radius 2 is 2.36 bits per heavy atom. The van der Waals surface area contributed by atoms with E-state index in [4.69, 9.17) is 9.84 Å². The zero-order valence-corrected chi connectivity index (χ0v) is 9.39. The number of carboxylic acids is 1. The number of rotatable bonds is 3. The van der Waals surface area contributed by atoms with Crippen LogP contribution < -0.4 is 4.74 Å². The van der Waals surface area contributed by atoms with Crippen LogP contribution in [0.25, 0.3) is 0 Å². The Morgan fingerprint density at radius 1 is 1.64 bits per heavy atom. The summed E-state index contributed by atoms with van der Waals surface area (Å²) in [6, 6.07) is 1.70. The summed E-state index contributed by atoms with van der Waals surface area (Å²) in [5, 5.41) is 8.84. The lowest BCUT2D eigenvalue weighted by atomic mass is 10.3. The number of carboxylic acid groups (broad SMARTS) is 1. The standard InChI is InChI=1S/C9H8INO3/c10-5-3-7(14-6-1-2-6)8(9(12)13)11-4-5/h3-4,6H,1-2H2,(H,12,13). The Labute approximate surface area is 94.4 Å². The van der Waals surface area contributed by atoms with Crippen LogP contribution >= 0.6 is 22.6 Å². The summed E-state index contributed by atoms with van der Waals surface area (Å²) in [6.45, 7) is 0. The van der Waals surface area contributed by atoms with Crippen LogP contribution in [0.3, 0.4) is 0 Å². The van der Waals surface area contributed by atoms with Gasteiger partial charge in [0.25, 0.3) is 0 Å². The lowest BCUT2D eigenvalue weighted by Crippen LogP contribution is -2.07. The minimum Gasteiger partial charge on any atom is -0.488 e. The van der Waals surface area contributed by atoms with Gasteiger partial charge in [-0.2, -0.15) is 0 Å². The third-order valence-electron chi connectivity index (χ3n) is 1.84. The maximum atomic E-state index is 10.8. The van der Waals surface area contributed by atoms with Crippen molar-refractivity contribution in [2.24, 2.45) is 0 Å². The highest BCUT2D eigenvalue weighted by molar-refractivity contribution is 14.1. The molecule has 0 bridgehead atoms. The fraction of sp³-hybridized carbons (Fsp3) is 0.333. The Morgan fingerprint density at radius 3 is 2.93 bits per heavy atom. The number of aromatic carboxylic acids is 1. The Kier molecular flexibility index (Phi) is 2.58. The average Bonchev–Trinajstić information content (AvgIpc) is 2.87. The van der Waals surface area contributed by atoms with Crippen molar-refractivity contribution in [3.05, 3.63) is 21.5 Å². The van der Waals surface area contributed by atoms with E-state index in [-0.39, 0.29) is 11.8 Å². The van der Waals surface area contributed by atoms with Gasteiger partial charge >= 0.3 is 5.97 Å². The molecule has 0 saturated heterocycles. The quantitative estimate of drug-likeness (QED) is 0.867. The molecule has 1 heterocycles. The van der Waals surface area contributed by atoms with Gasteiger partial charge in [-0.05, 0) is 41.5 Å². The van der Waals surface area contributed by atoms with Gasteiger partial charge in [0.15, 0.2) is 11.4 Å². The van der Waals surface area contributed by atoms with Gasteiger partial charge in [0.1, 0.15) is 0 Å². The molecule has 74 valence electrons. The zero-order chi connectivity index (χ0) is 10.1. The van der Waals surface area contributed by atoms with Crippen molar-refractivity contribution < 1.29 is 14.6 Å². The molecule has 0 unspecified atom stereocenters. The highest BCUT2D eigenvalue weighted by Gasteiger charge is 2.26. The first-order valence-corrected chi connectivity index (χ1v) is 5.30. The second kappa shape index (κ2) is 3.72. The van der Waals surface area contributed by atoms with Crippen molar-refractivity contribution in [1.82, 2.24) is 4.98 Å². The SMILES string of the molecule is O=C(O)c1ncc(I)cc1OC1CC1. The van der Waals surface area contributed by atoms with Gasteiger partial charge in [-0.1, -0.05) is 0 Å². The fourth-order valence-electron chi connectivity index (χ4n) is 1.04. The summed E-state index contributed by atoms with van der Waals surface area (Å²) in [6.07, 6.45) is 3.71. The first kappa shape index (κ1) is 9.70. The number of nitrogens with zero attached hydrogens (tertiary/aromatic N) is 1. The molecule has 4 nitrogen and oxygen atoms in total. The third-order valence-corrected chi connectivity index (χ3v) is 2.43. The molecule has 2 rings (SSSR count). The zero-order valence-electron chi connectivity index (χ0n) is 7.24. The van der Waals surface area contributed by atoms with Crippen LogP contribution in [0.4, 0.5) is 0 Å². The van der Waals surface area contributed by atoms with E-state index in [1.807, 2.05) is 0 Å². The molecule has 14 heavy (non-hydrogen) atoms. The summed E-state index contributed by atoms with van der Waals surface area (Å²) < 4.78 is 6.33. The van der Waals surface area contributed by atoms with Crippen LogP contribution in [0, 0.1) is 3.57 Å². The lowest BCUT2D eigenvalue weighted by Gasteiger charge is -2.06. The molecular formula is C9H8INO3. The van der Waals surface area contributed by atoms with Gasteiger partial charge in [-0.15, -0.1) is 0 Å². The van der Waals surface area contributed by atoms with Crippen molar-refractivity contribution in [1.29, 1.82) is 0 Å². The van der Waals surface area contributed by atoms with Crippen molar-refractivity contribution in [3.8, 4) is 5.75 Å². The first-order valence-electron chi connectivity index (χ1n) is 4.22. The van der Waals surface area contributed by atoms with Crippen LogP contribution in [0.2, 0.25) is 0 Å². The third kappa shape index (κ3) is 2.14. The summed E-state index contributed by atoms with van der Waals surface area (Å²) in [5.41, 5.74) is -0.00249. The van der Waals surface area contributed by atoms with Crippen LogP contribution in [-0.2, 0) is 0 Å². The second-order valence-electron chi connectivity index (χ2n) is 3.12. The maximum Gasteiger partial charge on any atom is 0.358 e. The number of hydrogen-bond donors (Lipinski definition) is 1. The van der Waals surface area contributed by atoms with Gasteiger partial charge in [-0.25, -0.2) is 9.78 Å². The van der Waals surface area contributed by atoms with Gasteiger partial charge in [0, 0.05) is 9.77 Å². The van der Waals surface area contributed by atoms with Gasteiger partial charge in [0.05, 0.1) is 6.10 Å². The topological polar surface area (TPSA) is 59.4 Å². The van der Waals surface area contributed by atoms with Crippen molar-refractivity contribution >= 4 is 28.6 Å². The Balaban J connectivity index is 2.31. The molecule has 0 atom stereocenters. The van der Waals surface area contributed by atoms with E-state index >= 15 is 0 Å². The average molecular weight is 305 g/mol. The van der Waals surface area contributed by atoms with E-state index in [0.717, 1.165) is 16.4 Å². The highest BCUT2D eigenvalue weighted by atomic mass is 127. The van der Waals surface area contributed by atoms with Crippen molar-refractivity contribution in [2.75, 3.05) is 0 Å². The number of aromatic nitrogens is 1. The van der Waals surface area contributed by atoms with Crippen molar-refractivity contribution in [3.63, 3.8) is 0 Å². The summed E-state index contributed by atoms with van der Waals surface area (Å²) in [7, 11) is 0. The molecule has 1 aromatic rings. The van der Waals surface area contributed by atoms with E-state index < -0.39 is 5.97 Å².